The SMILES string of the molecule is CCCN(Cc1c(-c2ccccc2)nn(C)c1Oc1ccccc1)CC(O)COC(C)C. The van der Waals surface area contributed by atoms with E-state index in [2.05, 4.69) is 24.0 Å². The van der Waals surface area contributed by atoms with Crippen LogP contribution < -0.4 is 4.74 Å². The van der Waals surface area contributed by atoms with Gasteiger partial charge in [0.2, 0.25) is 5.88 Å². The molecule has 3 aromatic rings. The Morgan fingerprint density at radius 1 is 1.03 bits per heavy atom. The minimum Gasteiger partial charge on any atom is -0.439 e. The summed E-state index contributed by atoms with van der Waals surface area (Å²) in [6.07, 6.45) is 0.519. The maximum Gasteiger partial charge on any atom is 0.222 e. The molecule has 2 aromatic carbocycles. The molecule has 0 aliphatic rings. The number of aromatic nitrogens is 2. The van der Waals surface area contributed by atoms with Crippen LogP contribution in [0.3, 0.4) is 0 Å². The van der Waals surface area contributed by atoms with Crippen LogP contribution in [0.25, 0.3) is 11.3 Å². The smallest absolute Gasteiger partial charge is 0.222 e. The van der Waals surface area contributed by atoms with Crippen molar-refractivity contribution in [3.63, 3.8) is 0 Å². The van der Waals surface area contributed by atoms with Crippen molar-refractivity contribution in [1.82, 2.24) is 14.7 Å². The molecule has 0 saturated carbocycles. The van der Waals surface area contributed by atoms with Gasteiger partial charge < -0.3 is 14.6 Å². The normalized spacial score (nSPS) is 12.5. The molecule has 0 aliphatic carbocycles. The minimum absolute atomic E-state index is 0.0955. The predicted octanol–water partition coefficient (Wildman–Crippen LogP) is 4.88. The van der Waals surface area contributed by atoms with Crippen molar-refractivity contribution in [2.45, 2.75) is 45.9 Å². The number of aliphatic hydroxyl groups excluding tert-OH is 1. The van der Waals surface area contributed by atoms with Crippen LogP contribution in [0.2, 0.25) is 0 Å². The number of para-hydroxylation sites is 1. The number of benzene rings is 2. The summed E-state index contributed by atoms with van der Waals surface area (Å²) < 4.78 is 13.7. The van der Waals surface area contributed by atoms with Crippen LogP contribution in [0, 0.1) is 0 Å². The quantitative estimate of drug-likeness (QED) is 0.438. The van der Waals surface area contributed by atoms with Crippen LogP contribution in [0.1, 0.15) is 32.8 Å². The highest BCUT2D eigenvalue weighted by Gasteiger charge is 2.23. The summed E-state index contributed by atoms with van der Waals surface area (Å²) in [7, 11) is 1.91. The standard InChI is InChI=1S/C26H35N3O3/c1-5-16-29(17-22(30)19-31-20(2)3)18-24-25(21-12-8-6-9-13-21)27-28(4)26(24)32-23-14-10-7-11-15-23/h6-15,20,22,30H,5,16-19H2,1-4H3. The fourth-order valence-corrected chi connectivity index (χ4v) is 3.68. The highest BCUT2D eigenvalue weighted by atomic mass is 16.5. The van der Waals surface area contributed by atoms with Gasteiger partial charge in [-0.2, -0.15) is 5.10 Å². The molecule has 1 atom stereocenters. The molecule has 0 spiro atoms. The molecule has 1 aromatic heterocycles. The zero-order valence-corrected chi connectivity index (χ0v) is 19.6. The van der Waals surface area contributed by atoms with Crippen LogP contribution in [0.15, 0.2) is 60.7 Å². The number of nitrogens with zero attached hydrogens (tertiary/aromatic N) is 3. The Kier molecular flexibility index (Phi) is 8.85. The summed E-state index contributed by atoms with van der Waals surface area (Å²) in [4.78, 5) is 2.25. The monoisotopic (exact) mass is 437 g/mol. The molecule has 32 heavy (non-hydrogen) atoms. The lowest BCUT2D eigenvalue weighted by atomic mass is 10.1. The summed E-state index contributed by atoms with van der Waals surface area (Å²) in [5.41, 5.74) is 2.95. The topological polar surface area (TPSA) is 59.8 Å². The third-order valence-electron chi connectivity index (χ3n) is 5.11. The Bertz CT molecular complexity index is 942. The zero-order valence-electron chi connectivity index (χ0n) is 19.6. The van der Waals surface area contributed by atoms with Gasteiger partial charge in [0.1, 0.15) is 11.4 Å². The van der Waals surface area contributed by atoms with Crippen LogP contribution in [-0.4, -0.2) is 51.7 Å². The molecule has 6 nitrogen and oxygen atoms in total. The summed E-state index contributed by atoms with van der Waals surface area (Å²) in [6.45, 7) is 8.42. The fourth-order valence-electron chi connectivity index (χ4n) is 3.68. The van der Waals surface area contributed by atoms with Crippen LogP contribution in [0.4, 0.5) is 0 Å². The van der Waals surface area contributed by atoms with Crippen molar-refractivity contribution >= 4 is 0 Å². The van der Waals surface area contributed by atoms with Crippen molar-refractivity contribution in [2.24, 2.45) is 7.05 Å². The van der Waals surface area contributed by atoms with E-state index in [1.54, 1.807) is 4.68 Å². The van der Waals surface area contributed by atoms with Gasteiger partial charge >= 0.3 is 0 Å². The lowest BCUT2D eigenvalue weighted by Gasteiger charge is -2.25. The second kappa shape index (κ2) is 11.8. The Morgan fingerprint density at radius 3 is 2.31 bits per heavy atom. The van der Waals surface area contributed by atoms with Crippen LogP contribution in [-0.2, 0) is 18.3 Å². The van der Waals surface area contributed by atoms with E-state index in [1.807, 2.05) is 69.4 Å². The molecule has 0 amide bonds. The zero-order chi connectivity index (χ0) is 22.9. The Balaban J connectivity index is 1.91. The third-order valence-corrected chi connectivity index (χ3v) is 5.11. The van der Waals surface area contributed by atoms with E-state index in [1.165, 1.54) is 0 Å². The highest BCUT2D eigenvalue weighted by molar-refractivity contribution is 5.65. The summed E-state index contributed by atoms with van der Waals surface area (Å²) >= 11 is 0. The molecule has 0 saturated heterocycles. The molecule has 1 heterocycles. The Hall–Kier alpha value is -2.67. The first kappa shape index (κ1) is 24.0. The van der Waals surface area contributed by atoms with Crippen molar-refractivity contribution < 1.29 is 14.6 Å². The van der Waals surface area contributed by atoms with Crippen molar-refractivity contribution in [3.05, 3.63) is 66.2 Å². The molecule has 3 rings (SSSR count). The van der Waals surface area contributed by atoms with Gasteiger partial charge in [0.15, 0.2) is 0 Å². The first-order valence-electron chi connectivity index (χ1n) is 11.3. The van der Waals surface area contributed by atoms with E-state index < -0.39 is 6.10 Å². The van der Waals surface area contributed by atoms with Gasteiger partial charge in [0.05, 0.1) is 24.4 Å². The molecule has 0 radical (unpaired) electrons. The Morgan fingerprint density at radius 2 is 1.69 bits per heavy atom. The van der Waals surface area contributed by atoms with Gasteiger partial charge in [-0.05, 0) is 38.9 Å². The van der Waals surface area contributed by atoms with Crippen molar-refractivity contribution in [3.8, 4) is 22.9 Å². The van der Waals surface area contributed by atoms with Gasteiger partial charge in [0.25, 0.3) is 0 Å². The van der Waals surface area contributed by atoms with Crippen LogP contribution in [0.5, 0.6) is 11.6 Å². The van der Waals surface area contributed by atoms with Gasteiger partial charge in [0, 0.05) is 25.7 Å². The van der Waals surface area contributed by atoms with Gasteiger partial charge in [-0.15, -0.1) is 0 Å². The average molecular weight is 438 g/mol. The lowest BCUT2D eigenvalue weighted by Crippen LogP contribution is -2.35. The molecule has 0 bridgehead atoms. The molecule has 0 fully saturated rings. The van der Waals surface area contributed by atoms with E-state index in [-0.39, 0.29) is 6.10 Å². The minimum atomic E-state index is -0.556. The second-order valence-corrected chi connectivity index (χ2v) is 8.31. The van der Waals surface area contributed by atoms with Gasteiger partial charge in [-0.1, -0.05) is 55.5 Å². The molecule has 1 N–H and O–H groups in total. The average Bonchev–Trinajstić information content (AvgIpc) is 3.09. The summed E-state index contributed by atoms with van der Waals surface area (Å²) in [5, 5.41) is 15.4. The Labute approximate surface area is 191 Å². The summed E-state index contributed by atoms with van der Waals surface area (Å²) in [6, 6.07) is 19.9. The number of hydrogen-bond donors (Lipinski definition) is 1. The maximum absolute atomic E-state index is 10.6. The number of aryl methyl sites for hydroxylation is 1. The highest BCUT2D eigenvalue weighted by Crippen LogP contribution is 2.34. The maximum atomic E-state index is 10.6. The molecular formula is C26H35N3O3. The van der Waals surface area contributed by atoms with Gasteiger partial charge in [-0.3, -0.25) is 4.90 Å². The number of hydrogen-bond acceptors (Lipinski definition) is 5. The van der Waals surface area contributed by atoms with E-state index in [0.717, 1.165) is 35.5 Å². The van der Waals surface area contributed by atoms with Crippen molar-refractivity contribution in [1.29, 1.82) is 0 Å². The molecule has 1 unspecified atom stereocenters. The molecule has 6 heteroatoms. The first-order chi connectivity index (χ1) is 15.5. The second-order valence-electron chi connectivity index (χ2n) is 8.31. The van der Waals surface area contributed by atoms with Gasteiger partial charge in [-0.25, -0.2) is 4.68 Å². The number of ether oxygens (including phenoxy) is 2. The lowest BCUT2D eigenvalue weighted by molar-refractivity contribution is -0.00953. The molecular weight excluding hydrogens is 402 g/mol. The van der Waals surface area contributed by atoms with E-state index in [9.17, 15) is 5.11 Å². The molecule has 172 valence electrons. The predicted molar refractivity (Wildman–Crippen MR) is 128 cm³/mol. The number of rotatable bonds is 12. The van der Waals surface area contributed by atoms with E-state index in [4.69, 9.17) is 14.6 Å². The van der Waals surface area contributed by atoms with E-state index in [0.29, 0.717) is 25.6 Å². The van der Waals surface area contributed by atoms with Crippen LogP contribution >= 0.6 is 0 Å². The first-order valence-corrected chi connectivity index (χ1v) is 11.3. The van der Waals surface area contributed by atoms with Crippen molar-refractivity contribution in [2.75, 3.05) is 19.7 Å². The molecule has 0 aliphatic heterocycles. The fraction of sp³-hybridized carbons (Fsp3) is 0.423. The largest absolute Gasteiger partial charge is 0.439 e. The van der Waals surface area contributed by atoms with E-state index >= 15 is 0 Å². The number of aliphatic hydroxyl groups is 1. The summed E-state index contributed by atoms with van der Waals surface area (Å²) in [5.74, 6) is 1.48. The third kappa shape index (κ3) is 6.66.